The Kier molecular flexibility index (Phi) is 3.01. The van der Waals surface area contributed by atoms with Crippen molar-refractivity contribution in [3.05, 3.63) is 17.8 Å². The summed E-state index contributed by atoms with van der Waals surface area (Å²) in [5, 5.41) is 3.28. The largest absolute Gasteiger partial charge is 0.396 e. The van der Waals surface area contributed by atoms with Crippen molar-refractivity contribution in [1.29, 1.82) is 0 Å². The summed E-state index contributed by atoms with van der Waals surface area (Å²) in [5.74, 6) is 0.761. The molecule has 1 fully saturated rings. The molecule has 1 saturated heterocycles. The van der Waals surface area contributed by atoms with Gasteiger partial charge >= 0.3 is 0 Å². The fraction of sp³-hybridized carbons (Fsp3) is 0.583. The normalized spacial score (nSPS) is 24.6. The lowest BCUT2D eigenvalue weighted by Crippen LogP contribution is -2.33. The Morgan fingerprint density at radius 2 is 2.38 bits per heavy atom. The van der Waals surface area contributed by atoms with Crippen LogP contribution in [0.2, 0.25) is 0 Å². The van der Waals surface area contributed by atoms with Gasteiger partial charge in [-0.15, -0.1) is 0 Å². The molecule has 1 unspecified atom stereocenters. The number of nitrogens with two attached hydrogens (primary N) is 1. The van der Waals surface area contributed by atoms with Crippen molar-refractivity contribution in [2.45, 2.75) is 32.3 Å². The number of ether oxygens (including phenoxy) is 1. The molecule has 3 N–H and O–H groups in total. The standard InChI is InChI=1S/C12H19N3O/c1-9-4-5-10(13)11(15-9)14-8-12(2)6-3-7-16-12/h4-5H,3,6-8,13H2,1-2H3,(H,14,15). The number of rotatable bonds is 3. The van der Waals surface area contributed by atoms with E-state index in [1.165, 1.54) is 0 Å². The molecule has 1 aliphatic heterocycles. The van der Waals surface area contributed by atoms with Gasteiger partial charge in [0.05, 0.1) is 11.3 Å². The first-order valence-corrected chi connectivity index (χ1v) is 5.70. The number of nitrogens with zero attached hydrogens (tertiary/aromatic N) is 1. The van der Waals surface area contributed by atoms with Crippen molar-refractivity contribution in [2.75, 3.05) is 24.2 Å². The molecule has 4 nitrogen and oxygen atoms in total. The van der Waals surface area contributed by atoms with Gasteiger partial charge in [0.1, 0.15) is 5.82 Å². The summed E-state index contributed by atoms with van der Waals surface area (Å²) in [4.78, 5) is 4.37. The highest BCUT2D eigenvalue weighted by atomic mass is 16.5. The van der Waals surface area contributed by atoms with Crippen LogP contribution in [0, 0.1) is 6.92 Å². The van der Waals surface area contributed by atoms with Crippen LogP contribution in [0.15, 0.2) is 12.1 Å². The summed E-state index contributed by atoms with van der Waals surface area (Å²) in [7, 11) is 0. The quantitative estimate of drug-likeness (QED) is 0.819. The minimum atomic E-state index is -0.0716. The third-order valence-electron chi connectivity index (χ3n) is 3.00. The number of pyridine rings is 1. The van der Waals surface area contributed by atoms with Gasteiger partial charge in [0.25, 0.3) is 0 Å². The summed E-state index contributed by atoms with van der Waals surface area (Å²) >= 11 is 0. The zero-order valence-corrected chi connectivity index (χ0v) is 9.92. The maximum Gasteiger partial charge on any atom is 0.149 e. The Hall–Kier alpha value is -1.29. The van der Waals surface area contributed by atoms with E-state index >= 15 is 0 Å². The predicted molar refractivity (Wildman–Crippen MR) is 65.5 cm³/mol. The minimum Gasteiger partial charge on any atom is -0.396 e. The molecule has 0 amide bonds. The first-order chi connectivity index (χ1) is 7.59. The average molecular weight is 221 g/mol. The van der Waals surface area contributed by atoms with E-state index in [0.717, 1.165) is 37.5 Å². The lowest BCUT2D eigenvalue weighted by molar-refractivity contribution is 0.0315. The topological polar surface area (TPSA) is 60.2 Å². The van der Waals surface area contributed by atoms with Crippen LogP contribution in [0.1, 0.15) is 25.5 Å². The smallest absolute Gasteiger partial charge is 0.149 e. The molecule has 1 atom stereocenters. The van der Waals surface area contributed by atoms with Crippen LogP contribution in [-0.2, 0) is 4.74 Å². The molecular weight excluding hydrogens is 202 g/mol. The van der Waals surface area contributed by atoms with Gasteiger partial charge in [-0.2, -0.15) is 0 Å². The van der Waals surface area contributed by atoms with Gasteiger partial charge in [0.15, 0.2) is 0 Å². The van der Waals surface area contributed by atoms with Crippen molar-refractivity contribution in [1.82, 2.24) is 4.98 Å². The fourth-order valence-corrected chi connectivity index (χ4v) is 1.96. The second kappa shape index (κ2) is 4.29. The van der Waals surface area contributed by atoms with E-state index in [0.29, 0.717) is 5.69 Å². The van der Waals surface area contributed by atoms with Crippen LogP contribution >= 0.6 is 0 Å². The lowest BCUT2D eigenvalue weighted by atomic mass is 10.0. The number of hydrogen-bond donors (Lipinski definition) is 2. The molecule has 1 aliphatic rings. The molecule has 0 saturated carbocycles. The summed E-state index contributed by atoms with van der Waals surface area (Å²) in [6.45, 7) is 5.69. The molecule has 1 aromatic rings. The van der Waals surface area contributed by atoms with Gasteiger partial charge in [0.2, 0.25) is 0 Å². The molecule has 2 rings (SSSR count). The Bertz CT molecular complexity index is 373. The maximum absolute atomic E-state index is 5.85. The molecule has 1 aromatic heterocycles. The highest BCUT2D eigenvalue weighted by Gasteiger charge is 2.29. The van der Waals surface area contributed by atoms with E-state index in [1.807, 2.05) is 19.1 Å². The van der Waals surface area contributed by atoms with Gasteiger partial charge in [-0.05, 0) is 38.8 Å². The second-order valence-corrected chi connectivity index (χ2v) is 4.65. The van der Waals surface area contributed by atoms with E-state index in [4.69, 9.17) is 10.5 Å². The molecule has 0 aromatic carbocycles. The lowest BCUT2D eigenvalue weighted by Gasteiger charge is -2.24. The van der Waals surface area contributed by atoms with Crippen molar-refractivity contribution >= 4 is 11.5 Å². The summed E-state index contributed by atoms with van der Waals surface area (Å²) < 4.78 is 5.70. The Balaban J connectivity index is 2.01. The minimum absolute atomic E-state index is 0.0716. The molecule has 16 heavy (non-hydrogen) atoms. The van der Waals surface area contributed by atoms with E-state index < -0.39 is 0 Å². The van der Waals surface area contributed by atoms with Gasteiger partial charge in [0, 0.05) is 18.8 Å². The molecule has 0 spiro atoms. The summed E-state index contributed by atoms with van der Waals surface area (Å²) in [6.07, 6.45) is 2.22. The van der Waals surface area contributed by atoms with Crippen molar-refractivity contribution < 1.29 is 4.74 Å². The fourth-order valence-electron chi connectivity index (χ4n) is 1.96. The molecule has 88 valence electrons. The summed E-state index contributed by atoms with van der Waals surface area (Å²) in [6, 6.07) is 3.79. The van der Waals surface area contributed by atoms with Crippen LogP contribution in [0.3, 0.4) is 0 Å². The Labute approximate surface area is 96.2 Å². The number of nitrogen functional groups attached to an aromatic ring is 1. The van der Waals surface area contributed by atoms with Crippen molar-refractivity contribution in [3.8, 4) is 0 Å². The monoisotopic (exact) mass is 221 g/mol. The maximum atomic E-state index is 5.85. The molecule has 4 heteroatoms. The second-order valence-electron chi connectivity index (χ2n) is 4.65. The molecular formula is C12H19N3O. The molecule has 0 aliphatic carbocycles. The van der Waals surface area contributed by atoms with Crippen molar-refractivity contribution in [2.24, 2.45) is 0 Å². The van der Waals surface area contributed by atoms with E-state index in [9.17, 15) is 0 Å². The number of aromatic nitrogens is 1. The molecule has 0 radical (unpaired) electrons. The van der Waals surface area contributed by atoms with Crippen molar-refractivity contribution in [3.63, 3.8) is 0 Å². The van der Waals surface area contributed by atoms with E-state index in [2.05, 4.69) is 17.2 Å². The predicted octanol–water partition coefficient (Wildman–Crippen LogP) is 1.95. The third kappa shape index (κ3) is 2.44. The van der Waals surface area contributed by atoms with Gasteiger partial charge in [-0.25, -0.2) is 4.98 Å². The van der Waals surface area contributed by atoms with E-state index in [1.54, 1.807) is 0 Å². The highest BCUT2D eigenvalue weighted by molar-refractivity contribution is 5.61. The summed E-state index contributed by atoms with van der Waals surface area (Å²) in [5.41, 5.74) is 7.43. The van der Waals surface area contributed by atoms with Crippen LogP contribution in [-0.4, -0.2) is 23.7 Å². The number of hydrogen-bond acceptors (Lipinski definition) is 4. The zero-order chi connectivity index (χ0) is 11.6. The van der Waals surface area contributed by atoms with E-state index in [-0.39, 0.29) is 5.60 Å². The highest BCUT2D eigenvalue weighted by Crippen LogP contribution is 2.26. The number of nitrogens with one attached hydrogen (secondary N) is 1. The molecule has 0 bridgehead atoms. The first-order valence-electron chi connectivity index (χ1n) is 5.70. The SMILES string of the molecule is Cc1ccc(N)c(NCC2(C)CCCO2)n1. The zero-order valence-electron chi connectivity index (χ0n) is 9.92. The van der Waals surface area contributed by atoms with Crippen LogP contribution in [0.4, 0.5) is 11.5 Å². The first kappa shape index (κ1) is 11.2. The van der Waals surface area contributed by atoms with Crippen LogP contribution < -0.4 is 11.1 Å². The van der Waals surface area contributed by atoms with Gasteiger partial charge in [-0.3, -0.25) is 0 Å². The average Bonchev–Trinajstić information content (AvgIpc) is 2.67. The van der Waals surface area contributed by atoms with Crippen LogP contribution in [0.5, 0.6) is 0 Å². The number of aryl methyl sites for hydroxylation is 1. The van der Waals surface area contributed by atoms with Crippen LogP contribution in [0.25, 0.3) is 0 Å². The Morgan fingerprint density at radius 3 is 3.06 bits per heavy atom. The van der Waals surface area contributed by atoms with Gasteiger partial charge < -0.3 is 15.8 Å². The third-order valence-corrected chi connectivity index (χ3v) is 3.00. The Morgan fingerprint density at radius 1 is 1.56 bits per heavy atom. The molecule has 2 heterocycles. The van der Waals surface area contributed by atoms with Gasteiger partial charge in [-0.1, -0.05) is 0 Å². The number of anilines is 2.